The molecular weight excluding hydrogens is 226 g/mol. The molecule has 0 saturated heterocycles. The Balaban J connectivity index is 2.00. The van der Waals surface area contributed by atoms with Crippen molar-refractivity contribution in [3.05, 3.63) is 34.4 Å². The molecule has 0 atom stereocenters. The lowest BCUT2D eigenvalue weighted by molar-refractivity contribution is 0.792. The van der Waals surface area contributed by atoms with Gasteiger partial charge in [-0.25, -0.2) is 4.98 Å². The summed E-state index contributed by atoms with van der Waals surface area (Å²) in [5, 5.41) is 4.08. The number of hydrogen-bond acceptors (Lipinski definition) is 3. The SMILES string of the molecule is Cc1nc2cc(NCC3CC3)ccc2c(=O)n1C. The molecule has 18 heavy (non-hydrogen) atoms. The van der Waals surface area contributed by atoms with Crippen LogP contribution in [0.1, 0.15) is 18.7 Å². The summed E-state index contributed by atoms with van der Waals surface area (Å²) in [4.78, 5) is 16.5. The number of fused-ring (bicyclic) bond motifs is 1. The zero-order chi connectivity index (χ0) is 12.7. The Kier molecular flexibility index (Phi) is 2.58. The molecular formula is C14H17N3O. The summed E-state index contributed by atoms with van der Waals surface area (Å²) in [6.45, 7) is 2.88. The van der Waals surface area contributed by atoms with Gasteiger partial charge >= 0.3 is 0 Å². The number of anilines is 1. The molecule has 94 valence electrons. The minimum absolute atomic E-state index is 0.0197. The number of benzene rings is 1. The maximum absolute atomic E-state index is 12.0. The molecule has 3 rings (SSSR count). The van der Waals surface area contributed by atoms with Crippen LogP contribution in [0.3, 0.4) is 0 Å². The molecule has 0 unspecified atom stereocenters. The average Bonchev–Trinajstić information content (AvgIpc) is 3.17. The minimum atomic E-state index is 0.0197. The fraction of sp³-hybridized carbons (Fsp3) is 0.429. The molecule has 0 amide bonds. The van der Waals surface area contributed by atoms with Crippen LogP contribution in [0.4, 0.5) is 5.69 Å². The molecule has 0 spiro atoms. The van der Waals surface area contributed by atoms with Gasteiger partial charge in [-0.2, -0.15) is 0 Å². The molecule has 4 nitrogen and oxygen atoms in total. The molecule has 1 aromatic carbocycles. The van der Waals surface area contributed by atoms with E-state index in [9.17, 15) is 4.79 Å². The quantitative estimate of drug-likeness (QED) is 0.897. The van der Waals surface area contributed by atoms with Gasteiger partial charge in [-0.05, 0) is 43.9 Å². The first-order valence-electron chi connectivity index (χ1n) is 6.36. The Labute approximate surface area is 106 Å². The Hall–Kier alpha value is -1.84. The summed E-state index contributed by atoms with van der Waals surface area (Å²) < 4.78 is 1.58. The van der Waals surface area contributed by atoms with E-state index in [1.54, 1.807) is 11.6 Å². The van der Waals surface area contributed by atoms with E-state index in [4.69, 9.17) is 0 Å². The first-order chi connectivity index (χ1) is 8.65. The van der Waals surface area contributed by atoms with E-state index in [1.165, 1.54) is 12.8 Å². The second-order valence-corrected chi connectivity index (χ2v) is 5.08. The van der Waals surface area contributed by atoms with E-state index < -0.39 is 0 Å². The van der Waals surface area contributed by atoms with Gasteiger partial charge in [0.1, 0.15) is 5.82 Å². The average molecular weight is 243 g/mol. The molecule has 1 aromatic heterocycles. The topological polar surface area (TPSA) is 46.9 Å². The summed E-state index contributed by atoms with van der Waals surface area (Å²) in [6.07, 6.45) is 2.66. The molecule has 0 radical (unpaired) electrons. The summed E-state index contributed by atoms with van der Waals surface area (Å²) in [6, 6.07) is 5.79. The second kappa shape index (κ2) is 4.12. The molecule has 0 aliphatic heterocycles. The Morgan fingerprint density at radius 2 is 2.22 bits per heavy atom. The molecule has 2 aromatic rings. The lowest BCUT2D eigenvalue weighted by Gasteiger charge is -2.08. The molecule has 1 N–H and O–H groups in total. The number of nitrogens with zero attached hydrogens (tertiary/aromatic N) is 2. The van der Waals surface area contributed by atoms with Crippen molar-refractivity contribution in [3.8, 4) is 0 Å². The lowest BCUT2D eigenvalue weighted by Crippen LogP contribution is -2.20. The van der Waals surface area contributed by atoms with Gasteiger partial charge in [0.05, 0.1) is 10.9 Å². The first kappa shape index (κ1) is 11.3. The van der Waals surface area contributed by atoms with Crippen LogP contribution >= 0.6 is 0 Å². The highest BCUT2D eigenvalue weighted by atomic mass is 16.1. The van der Waals surface area contributed by atoms with Crippen LogP contribution < -0.4 is 10.9 Å². The molecule has 1 heterocycles. The van der Waals surface area contributed by atoms with Crippen LogP contribution in [0.5, 0.6) is 0 Å². The maximum Gasteiger partial charge on any atom is 0.261 e. The Bertz CT molecular complexity index is 656. The lowest BCUT2D eigenvalue weighted by atomic mass is 10.2. The third-order valence-electron chi connectivity index (χ3n) is 3.59. The number of rotatable bonds is 3. The largest absolute Gasteiger partial charge is 0.385 e. The smallest absolute Gasteiger partial charge is 0.261 e. The van der Waals surface area contributed by atoms with Gasteiger partial charge in [-0.1, -0.05) is 0 Å². The summed E-state index contributed by atoms with van der Waals surface area (Å²) in [5.74, 6) is 1.57. The highest BCUT2D eigenvalue weighted by molar-refractivity contribution is 5.81. The molecule has 0 bridgehead atoms. The Morgan fingerprint density at radius 1 is 1.44 bits per heavy atom. The maximum atomic E-state index is 12.0. The minimum Gasteiger partial charge on any atom is -0.385 e. The number of aryl methyl sites for hydroxylation is 1. The van der Waals surface area contributed by atoms with E-state index in [-0.39, 0.29) is 5.56 Å². The van der Waals surface area contributed by atoms with Crippen LogP contribution in [-0.4, -0.2) is 16.1 Å². The van der Waals surface area contributed by atoms with Crippen molar-refractivity contribution in [1.29, 1.82) is 0 Å². The van der Waals surface area contributed by atoms with Crippen molar-refractivity contribution in [2.75, 3.05) is 11.9 Å². The molecule has 1 saturated carbocycles. The van der Waals surface area contributed by atoms with E-state index >= 15 is 0 Å². The van der Waals surface area contributed by atoms with Crippen molar-refractivity contribution in [3.63, 3.8) is 0 Å². The summed E-state index contributed by atoms with van der Waals surface area (Å²) in [5.41, 5.74) is 1.84. The standard InChI is InChI=1S/C14H17N3O/c1-9-16-13-7-11(15-8-10-3-4-10)5-6-12(13)14(18)17(9)2/h5-7,10,15H,3-4,8H2,1-2H3. The van der Waals surface area contributed by atoms with Crippen molar-refractivity contribution in [2.24, 2.45) is 13.0 Å². The first-order valence-corrected chi connectivity index (χ1v) is 6.36. The van der Waals surface area contributed by atoms with Gasteiger partial charge in [0.2, 0.25) is 0 Å². The Morgan fingerprint density at radius 3 is 2.94 bits per heavy atom. The van der Waals surface area contributed by atoms with E-state index in [0.29, 0.717) is 5.39 Å². The zero-order valence-electron chi connectivity index (χ0n) is 10.7. The normalized spacial score (nSPS) is 15.0. The van der Waals surface area contributed by atoms with Gasteiger partial charge in [0.25, 0.3) is 5.56 Å². The fourth-order valence-electron chi connectivity index (χ4n) is 2.08. The van der Waals surface area contributed by atoms with Gasteiger partial charge < -0.3 is 5.32 Å². The summed E-state index contributed by atoms with van der Waals surface area (Å²) >= 11 is 0. The van der Waals surface area contributed by atoms with E-state index in [0.717, 1.165) is 29.5 Å². The van der Waals surface area contributed by atoms with Crippen LogP contribution in [0.25, 0.3) is 10.9 Å². The predicted octanol–water partition coefficient (Wildman–Crippen LogP) is 2.06. The molecule has 1 fully saturated rings. The van der Waals surface area contributed by atoms with Crippen LogP contribution in [0, 0.1) is 12.8 Å². The summed E-state index contributed by atoms with van der Waals surface area (Å²) in [7, 11) is 1.75. The van der Waals surface area contributed by atoms with Crippen LogP contribution in [0.2, 0.25) is 0 Å². The van der Waals surface area contributed by atoms with Crippen molar-refractivity contribution in [2.45, 2.75) is 19.8 Å². The molecule has 1 aliphatic rings. The second-order valence-electron chi connectivity index (χ2n) is 5.08. The number of hydrogen-bond donors (Lipinski definition) is 1. The third-order valence-corrected chi connectivity index (χ3v) is 3.59. The fourth-order valence-corrected chi connectivity index (χ4v) is 2.08. The van der Waals surface area contributed by atoms with Crippen molar-refractivity contribution in [1.82, 2.24) is 9.55 Å². The van der Waals surface area contributed by atoms with E-state index in [1.807, 2.05) is 25.1 Å². The van der Waals surface area contributed by atoms with Gasteiger partial charge in [0, 0.05) is 19.3 Å². The van der Waals surface area contributed by atoms with Crippen LogP contribution in [-0.2, 0) is 7.05 Å². The van der Waals surface area contributed by atoms with Gasteiger partial charge in [-0.3, -0.25) is 9.36 Å². The van der Waals surface area contributed by atoms with Crippen LogP contribution in [0.15, 0.2) is 23.0 Å². The number of nitrogens with one attached hydrogen (secondary N) is 1. The highest BCUT2D eigenvalue weighted by Gasteiger charge is 2.20. The van der Waals surface area contributed by atoms with Crippen molar-refractivity contribution < 1.29 is 0 Å². The van der Waals surface area contributed by atoms with Gasteiger partial charge in [0.15, 0.2) is 0 Å². The third kappa shape index (κ3) is 1.98. The van der Waals surface area contributed by atoms with E-state index in [2.05, 4.69) is 10.3 Å². The number of aromatic nitrogens is 2. The zero-order valence-corrected chi connectivity index (χ0v) is 10.7. The predicted molar refractivity (Wildman–Crippen MR) is 72.9 cm³/mol. The molecule has 4 heteroatoms. The van der Waals surface area contributed by atoms with Crippen molar-refractivity contribution >= 4 is 16.6 Å². The highest BCUT2D eigenvalue weighted by Crippen LogP contribution is 2.29. The monoisotopic (exact) mass is 243 g/mol. The molecule has 1 aliphatic carbocycles. The van der Waals surface area contributed by atoms with Gasteiger partial charge in [-0.15, -0.1) is 0 Å².